The first-order valence-electron chi connectivity index (χ1n) is 12.6. The van der Waals surface area contributed by atoms with E-state index in [1.807, 2.05) is 44.6 Å². The number of hydrogen-bond acceptors (Lipinski definition) is 6. The van der Waals surface area contributed by atoms with Gasteiger partial charge < -0.3 is 15.4 Å². The predicted octanol–water partition coefficient (Wildman–Crippen LogP) is 3.84. The number of amides is 3. The Kier molecular flexibility index (Phi) is 7.33. The molecule has 2 heterocycles. The molecule has 3 amide bonds. The third-order valence-corrected chi connectivity index (χ3v) is 6.94. The van der Waals surface area contributed by atoms with Gasteiger partial charge in [-0.3, -0.25) is 19.6 Å². The molecule has 1 aromatic heterocycles. The minimum Gasteiger partial charge on any atom is -0.444 e. The van der Waals surface area contributed by atoms with Crippen molar-refractivity contribution in [1.29, 1.82) is 0 Å². The van der Waals surface area contributed by atoms with Crippen molar-refractivity contribution in [2.45, 2.75) is 70.8 Å². The van der Waals surface area contributed by atoms with Crippen LogP contribution in [0.3, 0.4) is 0 Å². The van der Waals surface area contributed by atoms with Crippen molar-refractivity contribution in [3.8, 4) is 0 Å². The molecule has 35 heavy (non-hydrogen) atoms. The second kappa shape index (κ2) is 10.3. The Bertz CT molecular complexity index is 1100. The fourth-order valence-electron chi connectivity index (χ4n) is 5.05. The minimum atomic E-state index is -0.474. The maximum absolute atomic E-state index is 12.3. The number of anilines is 1. The SMILES string of the molecule is Cn1nc(C2CCC(=O)NC2=O)c2ccc(NCC3CCC(CNC(=O)OC(C)(C)C)CC3)cc21. The monoisotopic (exact) mass is 483 g/mol. The first-order chi connectivity index (χ1) is 16.6. The van der Waals surface area contributed by atoms with Crippen molar-refractivity contribution in [1.82, 2.24) is 20.4 Å². The largest absolute Gasteiger partial charge is 0.444 e. The summed E-state index contributed by atoms with van der Waals surface area (Å²) in [4.78, 5) is 35.7. The van der Waals surface area contributed by atoms with Crippen molar-refractivity contribution in [3.05, 3.63) is 23.9 Å². The highest BCUT2D eigenvalue weighted by Gasteiger charge is 2.31. The number of imide groups is 1. The first kappa shape index (κ1) is 25.0. The van der Waals surface area contributed by atoms with E-state index in [9.17, 15) is 14.4 Å². The van der Waals surface area contributed by atoms with E-state index in [1.165, 1.54) is 0 Å². The highest BCUT2D eigenvalue weighted by molar-refractivity contribution is 6.02. The summed E-state index contributed by atoms with van der Waals surface area (Å²) < 4.78 is 7.13. The molecule has 9 nitrogen and oxygen atoms in total. The average molecular weight is 484 g/mol. The van der Waals surface area contributed by atoms with E-state index in [1.54, 1.807) is 0 Å². The van der Waals surface area contributed by atoms with Gasteiger partial charge in [0.1, 0.15) is 5.60 Å². The van der Waals surface area contributed by atoms with Crippen LogP contribution >= 0.6 is 0 Å². The quantitative estimate of drug-likeness (QED) is 0.538. The Morgan fingerprint density at radius 1 is 1.11 bits per heavy atom. The molecule has 4 rings (SSSR count). The van der Waals surface area contributed by atoms with Crippen LogP contribution in [0.4, 0.5) is 10.5 Å². The molecule has 9 heteroatoms. The second-order valence-electron chi connectivity index (χ2n) is 10.9. The van der Waals surface area contributed by atoms with Crippen molar-refractivity contribution < 1.29 is 19.1 Å². The number of carbonyl (C=O) groups excluding carboxylic acids is 3. The molecular formula is C26H37N5O4. The molecule has 1 unspecified atom stereocenters. The zero-order chi connectivity index (χ0) is 25.2. The summed E-state index contributed by atoms with van der Waals surface area (Å²) in [6.07, 6.45) is 4.94. The number of fused-ring (bicyclic) bond motifs is 1. The number of benzene rings is 1. The van der Waals surface area contributed by atoms with E-state index < -0.39 is 11.5 Å². The molecular weight excluding hydrogens is 446 g/mol. The van der Waals surface area contributed by atoms with Gasteiger partial charge in [-0.2, -0.15) is 5.10 Å². The van der Waals surface area contributed by atoms with Crippen molar-refractivity contribution >= 4 is 34.5 Å². The molecule has 2 aromatic rings. The van der Waals surface area contributed by atoms with Gasteiger partial charge in [0.15, 0.2) is 0 Å². The summed E-state index contributed by atoms with van der Waals surface area (Å²) in [5.74, 6) is 0.214. The van der Waals surface area contributed by atoms with Gasteiger partial charge in [-0.05, 0) is 82.9 Å². The lowest BCUT2D eigenvalue weighted by atomic mass is 9.82. The van der Waals surface area contributed by atoms with Crippen molar-refractivity contribution in [2.75, 3.05) is 18.4 Å². The average Bonchev–Trinajstić information content (AvgIpc) is 3.11. The van der Waals surface area contributed by atoms with Crippen LogP contribution in [0.5, 0.6) is 0 Å². The molecule has 190 valence electrons. The van der Waals surface area contributed by atoms with E-state index in [0.29, 0.717) is 31.2 Å². The maximum Gasteiger partial charge on any atom is 0.407 e. The Morgan fingerprint density at radius 3 is 2.46 bits per heavy atom. The molecule has 1 aliphatic carbocycles. The van der Waals surface area contributed by atoms with E-state index >= 15 is 0 Å². The number of aromatic nitrogens is 2. The van der Waals surface area contributed by atoms with Gasteiger partial charge in [-0.1, -0.05) is 0 Å². The summed E-state index contributed by atoms with van der Waals surface area (Å²) in [5, 5.41) is 14.5. The molecule has 1 aliphatic heterocycles. The van der Waals surface area contributed by atoms with E-state index in [2.05, 4.69) is 27.1 Å². The molecule has 0 bridgehead atoms. The molecule has 2 fully saturated rings. The van der Waals surface area contributed by atoms with Gasteiger partial charge in [0.25, 0.3) is 0 Å². The Morgan fingerprint density at radius 2 is 1.80 bits per heavy atom. The van der Waals surface area contributed by atoms with Gasteiger partial charge in [0.2, 0.25) is 11.8 Å². The molecule has 1 saturated heterocycles. The number of rotatable bonds is 6. The van der Waals surface area contributed by atoms with Crippen LogP contribution in [0.25, 0.3) is 10.9 Å². The smallest absolute Gasteiger partial charge is 0.407 e. The maximum atomic E-state index is 12.3. The number of alkyl carbamates (subject to hydrolysis) is 1. The fraction of sp³-hybridized carbons (Fsp3) is 0.615. The first-order valence-corrected chi connectivity index (χ1v) is 12.6. The van der Waals surface area contributed by atoms with Gasteiger partial charge in [0, 0.05) is 37.6 Å². The lowest BCUT2D eigenvalue weighted by Gasteiger charge is -2.29. The van der Waals surface area contributed by atoms with Crippen molar-refractivity contribution in [3.63, 3.8) is 0 Å². The van der Waals surface area contributed by atoms with Crippen LogP contribution in [-0.4, -0.2) is 46.4 Å². The highest BCUT2D eigenvalue weighted by atomic mass is 16.6. The number of nitrogens with zero attached hydrogens (tertiary/aromatic N) is 2. The van der Waals surface area contributed by atoms with E-state index in [0.717, 1.165) is 54.5 Å². The van der Waals surface area contributed by atoms with Crippen LogP contribution in [0, 0.1) is 11.8 Å². The summed E-state index contributed by atoms with van der Waals surface area (Å²) >= 11 is 0. The zero-order valence-corrected chi connectivity index (χ0v) is 21.1. The summed E-state index contributed by atoms with van der Waals surface area (Å²) in [6, 6.07) is 6.13. The minimum absolute atomic E-state index is 0.216. The van der Waals surface area contributed by atoms with Gasteiger partial charge in [-0.25, -0.2) is 4.79 Å². The third-order valence-electron chi connectivity index (χ3n) is 6.94. The normalized spacial score (nSPS) is 23.1. The van der Waals surface area contributed by atoms with Crippen LogP contribution in [0.1, 0.15) is 70.9 Å². The number of aryl methyl sites for hydroxylation is 1. The van der Waals surface area contributed by atoms with Crippen molar-refractivity contribution in [2.24, 2.45) is 18.9 Å². The fourth-order valence-corrected chi connectivity index (χ4v) is 5.05. The highest BCUT2D eigenvalue weighted by Crippen LogP contribution is 2.32. The lowest BCUT2D eigenvalue weighted by molar-refractivity contribution is -0.134. The van der Waals surface area contributed by atoms with E-state index in [-0.39, 0.29) is 17.9 Å². The van der Waals surface area contributed by atoms with Crippen LogP contribution < -0.4 is 16.0 Å². The Balaban J connectivity index is 1.28. The third kappa shape index (κ3) is 6.32. The number of piperidine rings is 1. The van der Waals surface area contributed by atoms with Gasteiger partial charge in [-0.15, -0.1) is 0 Å². The predicted molar refractivity (Wildman–Crippen MR) is 134 cm³/mol. The second-order valence-corrected chi connectivity index (χ2v) is 10.9. The molecule has 1 atom stereocenters. The molecule has 0 spiro atoms. The Hall–Kier alpha value is -3.10. The van der Waals surface area contributed by atoms with Crippen LogP contribution in [0.2, 0.25) is 0 Å². The number of hydrogen-bond donors (Lipinski definition) is 3. The Labute approximate surface area is 206 Å². The molecule has 1 saturated carbocycles. The van der Waals surface area contributed by atoms with Crippen LogP contribution in [0.15, 0.2) is 18.2 Å². The lowest BCUT2D eigenvalue weighted by Crippen LogP contribution is -2.39. The van der Waals surface area contributed by atoms with Crippen LogP contribution in [-0.2, 0) is 21.4 Å². The zero-order valence-electron chi connectivity index (χ0n) is 21.1. The number of carbonyl (C=O) groups is 3. The molecule has 3 N–H and O–H groups in total. The van der Waals surface area contributed by atoms with E-state index in [4.69, 9.17) is 4.74 Å². The van der Waals surface area contributed by atoms with Gasteiger partial charge >= 0.3 is 6.09 Å². The van der Waals surface area contributed by atoms with Gasteiger partial charge in [0.05, 0.1) is 17.1 Å². The standard InChI is InChI=1S/C26H37N5O4/c1-26(2,3)35-25(34)28-15-17-7-5-16(6-8-17)14-27-18-9-10-19-21(13-18)31(4)30-23(19)20-11-12-22(32)29-24(20)33/h9-10,13,16-17,20,27H,5-8,11-12,14-15H2,1-4H3,(H,28,34)(H,29,32,33). The summed E-state index contributed by atoms with van der Waals surface area (Å²) in [7, 11) is 1.88. The topological polar surface area (TPSA) is 114 Å². The number of nitrogens with one attached hydrogen (secondary N) is 3. The summed E-state index contributed by atoms with van der Waals surface area (Å²) in [6.45, 7) is 7.17. The molecule has 0 radical (unpaired) electrons. The summed E-state index contributed by atoms with van der Waals surface area (Å²) in [5.41, 5.74) is 2.26. The molecule has 1 aromatic carbocycles. The number of ether oxygens (including phenoxy) is 1. The molecule has 2 aliphatic rings.